The monoisotopic (exact) mass is 421 g/mol. The number of hydrogen-bond donors (Lipinski definition) is 1. The fourth-order valence-electron chi connectivity index (χ4n) is 4.89. The smallest absolute Gasteiger partial charge is 0.219 e. The lowest BCUT2D eigenvalue weighted by atomic mass is 9.96. The van der Waals surface area contributed by atoms with Crippen molar-refractivity contribution in [1.82, 2.24) is 19.2 Å². The van der Waals surface area contributed by atoms with Crippen LogP contribution in [0.1, 0.15) is 68.4 Å². The van der Waals surface area contributed by atoms with E-state index in [2.05, 4.69) is 5.32 Å². The van der Waals surface area contributed by atoms with Gasteiger partial charge in [-0.05, 0) is 25.7 Å². The molecule has 1 N–H and O–H groups in total. The molecule has 3 heterocycles. The van der Waals surface area contributed by atoms with E-state index in [1.165, 1.54) is 0 Å². The summed E-state index contributed by atoms with van der Waals surface area (Å²) in [6, 6.07) is 0. The van der Waals surface area contributed by atoms with Gasteiger partial charge in [0, 0.05) is 58.1 Å². The van der Waals surface area contributed by atoms with E-state index >= 15 is 0 Å². The Kier molecular flexibility index (Phi) is 5.79. The zero-order valence-electron chi connectivity index (χ0n) is 17.4. The molecule has 2 aliphatic heterocycles. The molecule has 0 aromatic carbocycles. The molecule has 1 atom stereocenters. The lowest BCUT2D eigenvalue weighted by Gasteiger charge is -2.33. The number of carbonyl (C=O) groups is 1. The van der Waals surface area contributed by atoms with Crippen molar-refractivity contribution >= 4 is 21.7 Å². The SMILES string of the molecule is CNc1nc(C2CCCN(C(C)=O)C2)nc2c1CN(S(=O)(=O)C1CCCC1)CC2. The number of aromatic nitrogens is 2. The van der Waals surface area contributed by atoms with Crippen molar-refractivity contribution in [3.05, 3.63) is 17.1 Å². The number of anilines is 1. The molecule has 29 heavy (non-hydrogen) atoms. The summed E-state index contributed by atoms with van der Waals surface area (Å²) in [7, 11) is -1.45. The maximum Gasteiger partial charge on any atom is 0.219 e. The molecule has 160 valence electrons. The maximum absolute atomic E-state index is 13.0. The third-order valence-electron chi connectivity index (χ3n) is 6.59. The fourth-order valence-corrected chi connectivity index (χ4v) is 6.89. The highest BCUT2D eigenvalue weighted by Gasteiger charge is 2.37. The van der Waals surface area contributed by atoms with Gasteiger partial charge in [-0.25, -0.2) is 18.4 Å². The summed E-state index contributed by atoms with van der Waals surface area (Å²) in [5.74, 6) is 1.71. The molecule has 1 saturated carbocycles. The lowest BCUT2D eigenvalue weighted by Crippen LogP contribution is -2.42. The Morgan fingerprint density at radius 2 is 1.86 bits per heavy atom. The average Bonchev–Trinajstić information content (AvgIpc) is 3.28. The van der Waals surface area contributed by atoms with E-state index < -0.39 is 10.0 Å². The number of likely N-dealkylation sites (tertiary alicyclic amines) is 1. The van der Waals surface area contributed by atoms with E-state index in [4.69, 9.17) is 9.97 Å². The molecule has 1 amide bonds. The van der Waals surface area contributed by atoms with Crippen LogP contribution in [0.2, 0.25) is 0 Å². The molecule has 0 radical (unpaired) electrons. The van der Waals surface area contributed by atoms with Crippen LogP contribution in [0.5, 0.6) is 0 Å². The minimum Gasteiger partial charge on any atom is -0.373 e. The minimum absolute atomic E-state index is 0.0919. The fraction of sp³-hybridized carbons (Fsp3) is 0.750. The summed E-state index contributed by atoms with van der Waals surface area (Å²) in [5.41, 5.74) is 1.83. The van der Waals surface area contributed by atoms with E-state index in [0.29, 0.717) is 26.1 Å². The third kappa shape index (κ3) is 3.99. The van der Waals surface area contributed by atoms with Crippen LogP contribution in [0, 0.1) is 0 Å². The van der Waals surface area contributed by atoms with E-state index in [0.717, 1.165) is 68.0 Å². The van der Waals surface area contributed by atoms with Gasteiger partial charge in [0.15, 0.2) is 0 Å². The number of sulfonamides is 1. The van der Waals surface area contributed by atoms with Crippen LogP contribution in [0.4, 0.5) is 5.82 Å². The van der Waals surface area contributed by atoms with Crippen molar-refractivity contribution in [3.8, 4) is 0 Å². The molecule has 4 rings (SSSR count). The Morgan fingerprint density at radius 1 is 1.10 bits per heavy atom. The largest absolute Gasteiger partial charge is 0.373 e. The van der Waals surface area contributed by atoms with E-state index in [9.17, 15) is 13.2 Å². The standard InChI is InChI=1S/C20H31N5O3S/c1-14(26)24-10-5-6-15(12-24)19-22-18-9-11-25(13-17(18)20(21-2)23-19)29(27,28)16-7-3-4-8-16/h15-16H,3-13H2,1-2H3,(H,21,22,23). The summed E-state index contributed by atoms with van der Waals surface area (Å²) in [6.07, 6.45) is 6.07. The molecule has 8 nitrogen and oxygen atoms in total. The number of carbonyl (C=O) groups excluding carboxylic acids is 1. The Labute approximate surface area is 173 Å². The number of nitrogens with one attached hydrogen (secondary N) is 1. The first kappa shape index (κ1) is 20.5. The normalized spacial score (nSPS) is 23.8. The zero-order chi connectivity index (χ0) is 20.6. The first-order chi connectivity index (χ1) is 13.9. The van der Waals surface area contributed by atoms with Crippen LogP contribution in [0.25, 0.3) is 0 Å². The third-order valence-corrected chi connectivity index (χ3v) is 8.94. The number of nitrogens with zero attached hydrogens (tertiary/aromatic N) is 4. The zero-order valence-corrected chi connectivity index (χ0v) is 18.2. The second-order valence-electron chi connectivity index (χ2n) is 8.44. The van der Waals surface area contributed by atoms with Crippen LogP contribution < -0.4 is 5.32 Å². The topological polar surface area (TPSA) is 95.5 Å². The van der Waals surface area contributed by atoms with Crippen molar-refractivity contribution in [2.75, 3.05) is 32.0 Å². The second-order valence-corrected chi connectivity index (χ2v) is 10.7. The van der Waals surface area contributed by atoms with Gasteiger partial charge in [0.2, 0.25) is 15.9 Å². The molecule has 1 saturated heterocycles. The Balaban J connectivity index is 1.58. The van der Waals surface area contributed by atoms with Crippen molar-refractivity contribution in [2.45, 2.75) is 69.6 Å². The van der Waals surface area contributed by atoms with Gasteiger partial charge in [0.05, 0.1) is 10.9 Å². The summed E-state index contributed by atoms with van der Waals surface area (Å²) in [5, 5.41) is 2.92. The Bertz CT molecular complexity index is 865. The van der Waals surface area contributed by atoms with Gasteiger partial charge in [-0.15, -0.1) is 0 Å². The molecule has 9 heteroatoms. The predicted molar refractivity (Wildman–Crippen MR) is 111 cm³/mol. The lowest BCUT2D eigenvalue weighted by molar-refractivity contribution is -0.130. The molecule has 1 aliphatic carbocycles. The van der Waals surface area contributed by atoms with Crippen molar-refractivity contribution in [1.29, 1.82) is 0 Å². The Morgan fingerprint density at radius 3 is 2.55 bits per heavy atom. The van der Waals surface area contributed by atoms with Crippen molar-refractivity contribution in [2.24, 2.45) is 0 Å². The highest BCUT2D eigenvalue weighted by Crippen LogP contribution is 2.33. The van der Waals surface area contributed by atoms with Crippen LogP contribution in [-0.4, -0.2) is 65.4 Å². The molecule has 1 aromatic rings. The van der Waals surface area contributed by atoms with Crippen LogP contribution >= 0.6 is 0 Å². The molecule has 1 unspecified atom stereocenters. The quantitative estimate of drug-likeness (QED) is 0.797. The van der Waals surface area contributed by atoms with Gasteiger partial charge in [-0.1, -0.05) is 12.8 Å². The molecule has 0 spiro atoms. The first-order valence-corrected chi connectivity index (χ1v) is 12.2. The Hall–Kier alpha value is -1.74. The van der Waals surface area contributed by atoms with Gasteiger partial charge >= 0.3 is 0 Å². The van der Waals surface area contributed by atoms with Gasteiger partial charge in [-0.2, -0.15) is 4.31 Å². The molecular formula is C20H31N5O3S. The van der Waals surface area contributed by atoms with E-state index in [1.807, 2.05) is 11.9 Å². The number of amides is 1. The highest BCUT2D eigenvalue weighted by molar-refractivity contribution is 7.89. The first-order valence-electron chi connectivity index (χ1n) is 10.7. The summed E-state index contributed by atoms with van der Waals surface area (Å²) in [6.45, 7) is 3.88. The van der Waals surface area contributed by atoms with Gasteiger partial charge in [0.25, 0.3) is 0 Å². The molecule has 1 aromatic heterocycles. The predicted octanol–water partition coefficient (Wildman–Crippen LogP) is 1.87. The minimum atomic E-state index is -3.27. The maximum atomic E-state index is 13.0. The number of piperidine rings is 1. The van der Waals surface area contributed by atoms with Crippen LogP contribution in [-0.2, 0) is 27.8 Å². The molecule has 0 bridgehead atoms. The molecular weight excluding hydrogens is 390 g/mol. The number of rotatable bonds is 4. The van der Waals surface area contributed by atoms with Crippen molar-refractivity contribution in [3.63, 3.8) is 0 Å². The van der Waals surface area contributed by atoms with E-state index in [1.54, 1.807) is 11.2 Å². The second kappa shape index (κ2) is 8.18. The average molecular weight is 422 g/mol. The van der Waals surface area contributed by atoms with Gasteiger partial charge in [-0.3, -0.25) is 4.79 Å². The van der Waals surface area contributed by atoms with Crippen LogP contribution in [0.15, 0.2) is 0 Å². The number of hydrogen-bond acceptors (Lipinski definition) is 6. The molecule has 3 aliphatic rings. The summed E-state index contributed by atoms with van der Waals surface area (Å²) < 4.78 is 27.7. The number of fused-ring (bicyclic) bond motifs is 1. The highest BCUT2D eigenvalue weighted by atomic mass is 32.2. The van der Waals surface area contributed by atoms with Crippen molar-refractivity contribution < 1.29 is 13.2 Å². The molecule has 2 fully saturated rings. The summed E-state index contributed by atoms with van der Waals surface area (Å²) >= 11 is 0. The van der Waals surface area contributed by atoms with Gasteiger partial charge < -0.3 is 10.2 Å². The van der Waals surface area contributed by atoms with Gasteiger partial charge in [0.1, 0.15) is 11.6 Å². The van der Waals surface area contributed by atoms with E-state index in [-0.39, 0.29) is 17.1 Å². The summed E-state index contributed by atoms with van der Waals surface area (Å²) in [4.78, 5) is 23.2. The van der Waals surface area contributed by atoms with Crippen LogP contribution in [0.3, 0.4) is 0 Å².